The van der Waals surface area contributed by atoms with E-state index in [9.17, 15) is 14.4 Å². The van der Waals surface area contributed by atoms with Crippen LogP contribution in [0.4, 0.5) is 4.79 Å². The van der Waals surface area contributed by atoms with Gasteiger partial charge in [-0.15, -0.1) is 0 Å². The summed E-state index contributed by atoms with van der Waals surface area (Å²) in [5, 5.41) is 5.04. The summed E-state index contributed by atoms with van der Waals surface area (Å²) < 4.78 is 5.61. The molecule has 3 heterocycles. The van der Waals surface area contributed by atoms with Gasteiger partial charge in [-0.3, -0.25) is 14.9 Å². The van der Waals surface area contributed by atoms with Crippen molar-refractivity contribution in [2.24, 2.45) is 5.92 Å². The summed E-state index contributed by atoms with van der Waals surface area (Å²) in [7, 11) is 0. The van der Waals surface area contributed by atoms with Crippen molar-refractivity contribution in [3.63, 3.8) is 0 Å². The third-order valence-corrected chi connectivity index (χ3v) is 5.83. The minimum Gasteiger partial charge on any atom is -0.461 e. The van der Waals surface area contributed by atoms with Crippen LogP contribution in [0.5, 0.6) is 0 Å². The van der Waals surface area contributed by atoms with E-state index in [1.165, 1.54) is 0 Å². The van der Waals surface area contributed by atoms with Crippen LogP contribution in [0.3, 0.4) is 0 Å². The molecule has 4 rings (SSSR count). The Labute approximate surface area is 163 Å². The van der Waals surface area contributed by atoms with Crippen molar-refractivity contribution in [1.82, 2.24) is 15.5 Å². The lowest BCUT2D eigenvalue weighted by atomic mass is 9.79. The number of carbonyl (C=O) groups is 3. The van der Waals surface area contributed by atoms with Gasteiger partial charge in [0.25, 0.3) is 11.8 Å². The van der Waals surface area contributed by atoms with E-state index < -0.39 is 11.6 Å². The normalized spacial score (nSPS) is 22.9. The summed E-state index contributed by atoms with van der Waals surface area (Å²) in [5.41, 5.74) is 0.664. The highest BCUT2D eigenvalue weighted by molar-refractivity contribution is 6.07. The molecule has 2 aliphatic heterocycles. The number of furan rings is 1. The first-order valence-electron chi connectivity index (χ1n) is 9.46. The molecule has 2 saturated heterocycles. The van der Waals surface area contributed by atoms with E-state index in [0.717, 1.165) is 17.1 Å². The molecule has 1 aromatic heterocycles. The Morgan fingerprint density at radius 3 is 2.32 bits per heavy atom. The number of urea groups is 1. The Balaban J connectivity index is 1.40. The number of nitrogens with one attached hydrogen (secondary N) is 2. The maximum Gasteiger partial charge on any atom is 0.322 e. The van der Waals surface area contributed by atoms with Gasteiger partial charge in [0.05, 0.1) is 0 Å². The highest BCUT2D eigenvalue weighted by atomic mass is 16.3. The predicted octanol–water partition coefficient (Wildman–Crippen LogP) is 2.71. The van der Waals surface area contributed by atoms with E-state index in [0.29, 0.717) is 31.5 Å². The molecule has 0 spiro atoms. The van der Waals surface area contributed by atoms with Crippen molar-refractivity contribution in [2.45, 2.75) is 32.2 Å². The second kappa shape index (κ2) is 6.82. The lowest BCUT2D eigenvalue weighted by Gasteiger charge is -2.38. The molecule has 0 bridgehead atoms. The molecule has 0 saturated carbocycles. The van der Waals surface area contributed by atoms with Crippen LogP contribution in [-0.4, -0.2) is 41.4 Å². The van der Waals surface area contributed by atoms with E-state index in [1.54, 1.807) is 11.8 Å². The number of aryl methyl sites for hydroxylation is 1. The number of rotatable bonds is 3. The molecule has 0 radical (unpaired) electrons. The summed E-state index contributed by atoms with van der Waals surface area (Å²) in [4.78, 5) is 38.2. The molecule has 7 nitrogen and oxygen atoms in total. The van der Waals surface area contributed by atoms with Crippen LogP contribution in [0.2, 0.25) is 0 Å². The molecular formula is C21H23N3O4. The first kappa shape index (κ1) is 18.3. The Bertz CT molecular complexity index is 925. The van der Waals surface area contributed by atoms with Gasteiger partial charge in [-0.25, -0.2) is 4.79 Å². The van der Waals surface area contributed by atoms with Gasteiger partial charge in [-0.2, -0.15) is 0 Å². The molecule has 4 amide bonds. The summed E-state index contributed by atoms with van der Waals surface area (Å²) in [6, 6.07) is 10.8. The summed E-state index contributed by atoms with van der Waals surface area (Å²) in [6.07, 6.45) is 1.33. The number of benzene rings is 1. The maximum absolute atomic E-state index is 12.8. The highest BCUT2D eigenvalue weighted by Gasteiger charge is 2.48. The fraction of sp³-hybridized carbons (Fsp3) is 0.381. The van der Waals surface area contributed by atoms with E-state index in [4.69, 9.17) is 4.42 Å². The van der Waals surface area contributed by atoms with Gasteiger partial charge in [0.15, 0.2) is 0 Å². The number of imide groups is 1. The van der Waals surface area contributed by atoms with Crippen molar-refractivity contribution >= 4 is 17.8 Å². The Morgan fingerprint density at radius 2 is 1.79 bits per heavy atom. The van der Waals surface area contributed by atoms with Crippen LogP contribution in [-0.2, 0) is 4.79 Å². The molecule has 28 heavy (non-hydrogen) atoms. The monoisotopic (exact) mass is 381 g/mol. The first-order valence-corrected chi connectivity index (χ1v) is 9.46. The zero-order valence-electron chi connectivity index (χ0n) is 16.0. The number of nitrogens with zero attached hydrogens (tertiary/aromatic N) is 1. The van der Waals surface area contributed by atoms with Crippen molar-refractivity contribution in [1.29, 1.82) is 0 Å². The van der Waals surface area contributed by atoms with Crippen molar-refractivity contribution in [2.75, 3.05) is 13.1 Å². The van der Waals surface area contributed by atoms with Crippen LogP contribution in [0, 0.1) is 12.8 Å². The lowest BCUT2D eigenvalue weighted by Crippen LogP contribution is -2.54. The predicted molar refractivity (Wildman–Crippen MR) is 103 cm³/mol. The molecule has 2 aliphatic rings. The summed E-state index contributed by atoms with van der Waals surface area (Å²) >= 11 is 0. The average molecular weight is 381 g/mol. The van der Waals surface area contributed by atoms with E-state index >= 15 is 0 Å². The summed E-state index contributed by atoms with van der Waals surface area (Å²) in [5.74, 6) is 1.32. The Hall–Kier alpha value is -3.09. The van der Waals surface area contributed by atoms with Gasteiger partial charge < -0.3 is 14.6 Å². The number of piperidine rings is 1. The Kier molecular flexibility index (Phi) is 4.45. The fourth-order valence-electron chi connectivity index (χ4n) is 4.05. The minimum atomic E-state index is -0.894. The van der Waals surface area contributed by atoms with E-state index in [-0.39, 0.29) is 17.7 Å². The minimum absolute atomic E-state index is 0.00701. The number of amides is 4. The van der Waals surface area contributed by atoms with Crippen LogP contribution in [0.1, 0.15) is 35.9 Å². The third-order valence-electron chi connectivity index (χ3n) is 5.83. The van der Waals surface area contributed by atoms with Gasteiger partial charge >= 0.3 is 6.03 Å². The van der Waals surface area contributed by atoms with Gasteiger partial charge in [0, 0.05) is 24.2 Å². The van der Waals surface area contributed by atoms with Crippen LogP contribution in [0.15, 0.2) is 40.8 Å². The van der Waals surface area contributed by atoms with Crippen LogP contribution >= 0.6 is 0 Å². The number of carbonyl (C=O) groups excluding carboxylic acids is 3. The number of hydrogen-bond donors (Lipinski definition) is 2. The lowest BCUT2D eigenvalue weighted by molar-refractivity contribution is -0.125. The smallest absolute Gasteiger partial charge is 0.322 e. The van der Waals surface area contributed by atoms with Crippen molar-refractivity contribution in [3.05, 3.63) is 47.7 Å². The van der Waals surface area contributed by atoms with Crippen LogP contribution in [0.25, 0.3) is 11.3 Å². The molecule has 2 N–H and O–H groups in total. The van der Waals surface area contributed by atoms with Gasteiger partial charge in [-0.05, 0) is 56.9 Å². The maximum atomic E-state index is 12.8. The second-order valence-electron chi connectivity index (χ2n) is 7.66. The largest absolute Gasteiger partial charge is 0.461 e. The van der Waals surface area contributed by atoms with Crippen molar-refractivity contribution < 1.29 is 18.8 Å². The molecule has 1 aromatic carbocycles. The zero-order valence-corrected chi connectivity index (χ0v) is 16.0. The first-order chi connectivity index (χ1) is 13.4. The molecule has 7 heteroatoms. The molecule has 146 valence electrons. The van der Waals surface area contributed by atoms with E-state index in [2.05, 4.69) is 10.6 Å². The SMILES string of the molecule is Cc1ccc(-c2ccc(C(=O)N3CCC(C4(C)NC(=O)NC4=O)CC3)cc2)o1. The molecule has 0 aliphatic carbocycles. The fourth-order valence-corrected chi connectivity index (χ4v) is 4.05. The molecule has 2 fully saturated rings. The van der Waals surface area contributed by atoms with E-state index in [1.807, 2.05) is 43.3 Å². The average Bonchev–Trinajstić information content (AvgIpc) is 3.24. The molecule has 2 aromatic rings. The highest BCUT2D eigenvalue weighted by Crippen LogP contribution is 2.31. The summed E-state index contributed by atoms with van der Waals surface area (Å²) in [6.45, 7) is 4.76. The Morgan fingerprint density at radius 1 is 1.11 bits per heavy atom. The zero-order chi connectivity index (χ0) is 19.9. The van der Waals surface area contributed by atoms with Crippen molar-refractivity contribution in [3.8, 4) is 11.3 Å². The quantitative estimate of drug-likeness (QED) is 0.800. The van der Waals surface area contributed by atoms with Gasteiger partial charge in [0.2, 0.25) is 0 Å². The third kappa shape index (κ3) is 3.17. The molecule has 1 atom stereocenters. The van der Waals surface area contributed by atoms with Crippen LogP contribution < -0.4 is 10.6 Å². The topological polar surface area (TPSA) is 91.7 Å². The number of likely N-dealkylation sites (tertiary alicyclic amines) is 1. The number of hydrogen-bond acceptors (Lipinski definition) is 4. The standard InChI is InChI=1S/C21H23N3O4/c1-13-3-8-17(28-13)14-4-6-15(7-5-14)18(25)24-11-9-16(10-12-24)21(2)19(26)22-20(27)23-21/h3-8,16H,9-12H2,1-2H3,(H2,22,23,26,27). The van der Waals surface area contributed by atoms with Gasteiger partial charge in [-0.1, -0.05) is 12.1 Å². The molecular weight excluding hydrogens is 358 g/mol. The second-order valence-corrected chi connectivity index (χ2v) is 7.66. The van der Waals surface area contributed by atoms with Gasteiger partial charge in [0.1, 0.15) is 17.1 Å². The molecule has 1 unspecified atom stereocenters.